The van der Waals surface area contributed by atoms with Crippen LogP contribution in [-0.2, 0) is 5.41 Å². The minimum atomic E-state index is -0.431. The molecule has 2 nitrogen and oxygen atoms in total. The number of para-hydroxylation sites is 3. The van der Waals surface area contributed by atoms with Gasteiger partial charge in [0.1, 0.15) is 0 Å². The predicted octanol–water partition coefficient (Wildman–Crippen LogP) is 17.1. The second kappa shape index (κ2) is 14.7. The first-order chi connectivity index (χ1) is 33.3. The average molecular weight is 851 g/mol. The lowest BCUT2D eigenvalue weighted by molar-refractivity contribution is 0.793. The molecule has 0 saturated carbocycles. The zero-order valence-electron chi connectivity index (χ0n) is 36.6. The maximum absolute atomic E-state index is 2.49. The summed E-state index contributed by atoms with van der Waals surface area (Å²) >= 11 is 0. The van der Waals surface area contributed by atoms with E-state index in [1.165, 1.54) is 105 Å². The normalized spacial score (nSPS) is 12.9. The number of nitrogens with zero attached hydrogens (tertiary/aromatic N) is 2. The fraction of sp³-hybridized carbons (Fsp3) is 0.0154. The van der Waals surface area contributed by atoms with Crippen molar-refractivity contribution in [2.45, 2.75) is 5.41 Å². The van der Waals surface area contributed by atoms with Gasteiger partial charge in [-0.3, -0.25) is 0 Å². The van der Waals surface area contributed by atoms with Gasteiger partial charge in [0.05, 0.1) is 27.8 Å². The molecule has 312 valence electrons. The molecule has 1 spiro atoms. The molecule has 0 aliphatic heterocycles. The lowest BCUT2D eigenvalue weighted by Gasteiger charge is -2.32. The Bertz CT molecular complexity index is 3810. The van der Waals surface area contributed by atoms with Gasteiger partial charge in [-0.05, 0) is 115 Å². The van der Waals surface area contributed by atoms with E-state index in [1.807, 2.05) is 0 Å². The second-order valence-corrected chi connectivity index (χ2v) is 18.0. The zero-order chi connectivity index (χ0) is 44.1. The van der Waals surface area contributed by atoms with Crippen molar-refractivity contribution >= 4 is 49.6 Å². The molecule has 0 saturated heterocycles. The van der Waals surface area contributed by atoms with Crippen molar-refractivity contribution in [2.75, 3.05) is 4.90 Å². The third kappa shape index (κ3) is 5.45. The van der Waals surface area contributed by atoms with Crippen molar-refractivity contribution in [3.63, 3.8) is 0 Å². The molecule has 2 aliphatic carbocycles. The summed E-state index contributed by atoms with van der Waals surface area (Å²) in [7, 11) is 0. The summed E-state index contributed by atoms with van der Waals surface area (Å²) in [6.07, 6.45) is 0. The molecule has 0 radical (unpaired) electrons. The van der Waals surface area contributed by atoms with Crippen LogP contribution in [0.1, 0.15) is 22.3 Å². The Labute approximate surface area is 389 Å². The van der Waals surface area contributed by atoms with E-state index in [0.717, 1.165) is 17.1 Å². The van der Waals surface area contributed by atoms with Crippen molar-refractivity contribution in [1.82, 2.24) is 4.57 Å². The number of rotatable bonds is 6. The standard InChI is InChI=1S/C65H42N2/c1-2-18-49-45(16-1)17-15-31-61(49)66(48-40-41-54-53-22-5-11-27-59(53)65(60(54)42-48)57-25-9-3-20-51(57)52-21-4-10-26-58(52)65)47-38-36-44(37-39-47)43-32-34-46(35-33-43)50-19-6-12-28-62(50)67-63-29-13-7-23-55(63)56-24-8-14-30-64(56)67/h1-42H. The average Bonchev–Trinajstić information content (AvgIpc) is 4.01. The molecule has 0 unspecified atom stereocenters. The Morgan fingerprint density at radius 3 is 1.37 bits per heavy atom. The van der Waals surface area contributed by atoms with Crippen molar-refractivity contribution in [1.29, 1.82) is 0 Å². The minimum Gasteiger partial charge on any atom is -0.310 e. The van der Waals surface area contributed by atoms with Crippen molar-refractivity contribution in [2.24, 2.45) is 0 Å². The monoisotopic (exact) mass is 850 g/mol. The van der Waals surface area contributed by atoms with Gasteiger partial charge >= 0.3 is 0 Å². The molecular formula is C65H42N2. The number of anilines is 3. The number of hydrogen-bond donors (Lipinski definition) is 0. The first-order valence-corrected chi connectivity index (χ1v) is 23.3. The van der Waals surface area contributed by atoms with Crippen molar-refractivity contribution in [3.05, 3.63) is 277 Å². The quantitative estimate of drug-likeness (QED) is 0.162. The fourth-order valence-corrected chi connectivity index (χ4v) is 11.8. The number of aromatic nitrogens is 1. The summed E-state index contributed by atoms with van der Waals surface area (Å²) in [5.41, 5.74) is 21.9. The molecule has 0 N–H and O–H groups in total. The SMILES string of the molecule is c1ccc(-n2c3ccccc3c3ccccc32)c(-c2ccc(-c3ccc(N(c4ccc5c(c4)C4(c6ccccc6-c6ccccc64)c4ccccc4-5)c4cccc5ccccc45)cc3)cc2)c1. The Hall–Kier alpha value is -8.72. The van der Waals surface area contributed by atoms with Crippen LogP contribution in [0, 0.1) is 0 Å². The Morgan fingerprint density at radius 1 is 0.299 bits per heavy atom. The van der Waals surface area contributed by atoms with Gasteiger partial charge in [0.2, 0.25) is 0 Å². The fourth-order valence-electron chi connectivity index (χ4n) is 11.8. The first-order valence-electron chi connectivity index (χ1n) is 23.3. The topological polar surface area (TPSA) is 8.17 Å². The van der Waals surface area contributed by atoms with Gasteiger partial charge in [0, 0.05) is 33.1 Å². The summed E-state index contributed by atoms with van der Waals surface area (Å²) in [4.78, 5) is 2.46. The second-order valence-electron chi connectivity index (χ2n) is 18.0. The van der Waals surface area contributed by atoms with Gasteiger partial charge in [0.15, 0.2) is 0 Å². The van der Waals surface area contributed by atoms with E-state index in [1.54, 1.807) is 0 Å². The van der Waals surface area contributed by atoms with Crippen molar-refractivity contribution < 1.29 is 0 Å². The van der Waals surface area contributed by atoms with E-state index in [-0.39, 0.29) is 0 Å². The molecule has 0 atom stereocenters. The minimum absolute atomic E-state index is 0.431. The van der Waals surface area contributed by atoms with Crippen LogP contribution in [0.15, 0.2) is 255 Å². The highest BCUT2D eigenvalue weighted by atomic mass is 15.1. The number of hydrogen-bond acceptors (Lipinski definition) is 1. The van der Waals surface area contributed by atoms with Crippen LogP contribution < -0.4 is 4.90 Å². The summed E-state index contributed by atoms with van der Waals surface area (Å²) in [6, 6.07) is 94.2. The smallest absolute Gasteiger partial charge is 0.0726 e. The van der Waals surface area contributed by atoms with E-state index in [9.17, 15) is 0 Å². The maximum atomic E-state index is 2.49. The van der Waals surface area contributed by atoms with Crippen LogP contribution >= 0.6 is 0 Å². The van der Waals surface area contributed by atoms with Gasteiger partial charge in [-0.2, -0.15) is 0 Å². The van der Waals surface area contributed by atoms with E-state index in [4.69, 9.17) is 0 Å². The Balaban J connectivity index is 0.884. The van der Waals surface area contributed by atoms with E-state index < -0.39 is 5.41 Å². The predicted molar refractivity (Wildman–Crippen MR) is 280 cm³/mol. The Morgan fingerprint density at radius 2 is 0.746 bits per heavy atom. The molecule has 2 aliphatic rings. The molecule has 14 rings (SSSR count). The summed E-state index contributed by atoms with van der Waals surface area (Å²) in [5.74, 6) is 0. The van der Waals surface area contributed by atoms with Crippen LogP contribution in [0.5, 0.6) is 0 Å². The Kier molecular flexibility index (Phi) is 8.23. The molecule has 11 aromatic carbocycles. The molecular weight excluding hydrogens is 809 g/mol. The van der Waals surface area contributed by atoms with Gasteiger partial charge in [-0.1, -0.05) is 206 Å². The largest absolute Gasteiger partial charge is 0.310 e. The van der Waals surface area contributed by atoms with Gasteiger partial charge in [-0.25, -0.2) is 0 Å². The highest BCUT2D eigenvalue weighted by Gasteiger charge is 2.51. The first kappa shape index (κ1) is 37.6. The van der Waals surface area contributed by atoms with Crippen molar-refractivity contribution in [3.8, 4) is 50.2 Å². The molecule has 1 heterocycles. The third-order valence-electron chi connectivity index (χ3n) is 14.6. The third-order valence-corrected chi connectivity index (χ3v) is 14.6. The molecule has 67 heavy (non-hydrogen) atoms. The lowest BCUT2D eigenvalue weighted by Crippen LogP contribution is -2.26. The summed E-state index contributed by atoms with van der Waals surface area (Å²) in [6.45, 7) is 0. The highest BCUT2D eigenvalue weighted by Crippen LogP contribution is 2.63. The maximum Gasteiger partial charge on any atom is 0.0726 e. The van der Waals surface area contributed by atoms with E-state index in [0.29, 0.717) is 0 Å². The summed E-state index contributed by atoms with van der Waals surface area (Å²) in [5, 5.41) is 4.95. The molecule has 0 amide bonds. The van der Waals surface area contributed by atoms with Crippen LogP contribution in [-0.4, -0.2) is 4.57 Å². The van der Waals surface area contributed by atoms with Crippen LogP contribution in [0.2, 0.25) is 0 Å². The van der Waals surface area contributed by atoms with Crippen LogP contribution in [0.3, 0.4) is 0 Å². The zero-order valence-corrected chi connectivity index (χ0v) is 36.6. The lowest BCUT2D eigenvalue weighted by atomic mass is 9.70. The van der Waals surface area contributed by atoms with Crippen LogP contribution in [0.25, 0.3) is 82.8 Å². The van der Waals surface area contributed by atoms with E-state index in [2.05, 4.69) is 264 Å². The molecule has 1 aromatic heterocycles. The van der Waals surface area contributed by atoms with Gasteiger partial charge in [-0.15, -0.1) is 0 Å². The molecule has 0 fully saturated rings. The number of fused-ring (bicyclic) bond motifs is 14. The van der Waals surface area contributed by atoms with Crippen LogP contribution in [0.4, 0.5) is 17.1 Å². The highest BCUT2D eigenvalue weighted by molar-refractivity contribution is 6.10. The van der Waals surface area contributed by atoms with Gasteiger partial charge < -0.3 is 9.47 Å². The molecule has 0 bridgehead atoms. The number of benzene rings is 11. The van der Waals surface area contributed by atoms with Gasteiger partial charge in [0.25, 0.3) is 0 Å². The van der Waals surface area contributed by atoms with E-state index >= 15 is 0 Å². The summed E-state index contributed by atoms with van der Waals surface area (Å²) < 4.78 is 2.42. The molecule has 2 heteroatoms. The molecule has 12 aromatic rings.